The molecule has 2 aliphatic rings. The zero-order valence-corrected chi connectivity index (χ0v) is 14.7. The van der Waals surface area contributed by atoms with Crippen molar-refractivity contribution in [2.45, 2.75) is 16.2 Å². The van der Waals surface area contributed by atoms with Crippen molar-refractivity contribution in [3.05, 3.63) is 38.3 Å². The van der Waals surface area contributed by atoms with Crippen LogP contribution in [0.15, 0.2) is 28.0 Å². The molecule has 0 unspecified atom stereocenters. The standard InChI is InChI=1S/C16H15NO5S2/c1-20-8-4-3-7(5-9(8)21-2)11-12-10(6-22-15(12)18)23-14-13(11)24-16(19)17-14/h3-5,10-12H,6H2,1-2H3,(H,17,19)/t10-,11-,12+/m0/s1. The summed E-state index contributed by atoms with van der Waals surface area (Å²) in [4.78, 5) is 27.8. The minimum atomic E-state index is -0.299. The van der Waals surface area contributed by atoms with E-state index in [-0.39, 0.29) is 27.9 Å². The fourth-order valence-corrected chi connectivity index (χ4v) is 5.80. The number of hydrogen-bond donors (Lipinski definition) is 1. The van der Waals surface area contributed by atoms with Gasteiger partial charge in [-0.05, 0) is 17.7 Å². The van der Waals surface area contributed by atoms with Gasteiger partial charge in [-0.3, -0.25) is 9.59 Å². The molecule has 6 nitrogen and oxygen atoms in total. The number of methoxy groups -OCH3 is 2. The van der Waals surface area contributed by atoms with Gasteiger partial charge in [-0.2, -0.15) is 0 Å². The Morgan fingerprint density at radius 2 is 2.00 bits per heavy atom. The van der Waals surface area contributed by atoms with Crippen molar-refractivity contribution >= 4 is 29.1 Å². The second kappa shape index (κ2) is 5.86. The van der Waals surface area contributed by atoms with Gasteiger partial charge in [-0.25, -0.2) is 0 Å². The molecule has 0 amide bonds. The zero-order chi connectivity index (χ0) is 16.8. The molecule has 2 aromatic rings. The molecule has 126 valence electrons. The van der Waals surface area contributed by atoms with Gasteiger partial charge in [-0.1, -0.05) is 29.2 Å². The van der Waals surface area contributed by atoms with Crippen LogP contribution in [-0.4, -0.2) is 37.0 Å². The number of thioether (sulfide) groups is 1. The normalized spacial score (nSPS) is 24.9. The quantitative estimate of drug-likeness (QED) is 0.841. The number of fused-ring (bicyclic) bond motifs is 2. The largest absolute Gasteiger partial charge is 0.493 e. The van der Waals surface area contributed by atoms with Crippen molar-refractivity contribution in [3.8, 4) is 11.5 Å². The second-order valence-corrected chi connectivity index (χ2v) is 7.88. The molecule has 1 aromatic heterocycles. The van der Waals surface area contributed by atoms with Crippen LogP contribution in [0.2, 0.25) is 0 Å². The number of ether oxygens (including phenoxy) is 3. The lowest BCUT2D eigenvalue weighted by Crippen LogP contribution is -2.29. The average molecular weight is 365 g/mol. The molecule has 0 aliphatic carbocycles. The van der Waals surface area contributed by atoms with E-state index in [1.54, 1.807) is 14.2 Å². The first-order chi connectivity index (χ1) is 11.6. The predicted octanol–water partition coefficient (Wildman–Crippen LogP) is 2.23. The lowest BCUT2D eigenvalue weighted by Gasteiger charge is -2.30. The van der Waals surface area contributed by atoms with Crippen LogP contribution in [0.1, 0.15) is 16.4 Å². The number of thiazole rings is 1. The number of hydrogen-bond acceptors (Lipinski definition) is 7. The van der Waals surface area contributed by atoms with Gasteiger partial charge in [0, 0.05) is 10.8 Å². The third-order valence-corrected chi connectivity index (χ3v) is 6.77. The summed E-state index contributed by atoms with van der Waals surface area (Å²) < 4.78 is 16.0. The fraction of sp³-hybridized carbons (Fsp3) is 0.375. The highest BCUT2D eigenvalue weighted by Crippen LogP contribution is 2.52. The fourth-order valence-electron chi connectivity index (χ4n) is 3.31. The Labute approximate surface area is 146 Å². The number of carbonyl (C=O) groups is 1. The van der Waals surface area contributed by atoms with E-state index in [2.05, 4.69) is 4.98 Å². The first kappa shape index (κ1) is 15.6. The van der Waals surface area contributed by atoms with Gasteiger partial charge >= 0.3 is 10.8 Å². The Morgan fingerprint density at radius 1 is 1.21 bits per heavy atom. The number of cyclic esters (lactones) is 1. The topological polar surface area (TPSA) is 77.6 Å². The molecule has 24 heavy (non-hydrogen) atoms. The molecule has 3 atom stereocenters. The number of aromatic nitrogens is 1. The molecule has 8 heteroatoms. The van der Waals surface area contributed by atoms with Crippen LogP contribution in [0.4, 0.5) is 0 Å². The monoisotopic (exact) mass is 365 g/mol. The van der Waals surface area contributed by atoms with E-state index in [0.29, 0.717) is 18.1 Å². The average Bonchev–Trinajstić information content (AvgIpc) is 3.14. The molecule has 4 rings (SSSR count). The molecule has 0 radical (unpaired) electrons. The number of rotatable bonds is 3. The van der Waals surface area contributed by atoms with Gasteiger partial charge in [0.1, 0.15) is 6.61 Å². The van der Waals surface area contributed by atoms with Crippen molar-refractivity contribution in [2.75, 3.05) is 20.8 Å². The summed E-state index contributed by atoms with van der Waals surface area (Å²) in [5, 5.41) is 0.845. The second-order valence-electron chi connectivity index (χ2n) is 5.61. The zero-order valence-electron chi connectivity index (χ0n) is 13.0. The predicted molar refractivity (Wildman–Crippen MR) is 90.4 cm³/mol. The Bertz CT molecular complexity index is 858. The molecule has 0 bridgehead atoms. The third-order valence-electron chi connectivity index (χ3n) is 4.38. The van der Waals surface area contributed by atoms with Crippen molar-refractivity contribution in [1.82, 2.24) is 4.98 Å². The maximum Gasteiger partial charge on any atom is 0.311 e. The molecule has 0 saturated carbocycles. The van der Waals surface area contributed by atoms with E-state index in [4.69, 9.17) is 14.2 Å². The Balaban J connectivity index is 1.87. The van der Waals surface area contributed by atoms with E-state index in [9.17, 15) is 9.59 Å². The van der Waals surface area contributed by atoms with E-state index in [0.717, 1.165) is 26.8 Å². The van der Waals surface area contributed by atoms with Crippen LogP contribution in [-0.2, 0) is 9.53 Å². The molecular formula is C16H15NO5S2. The van der Waals surface area contributed by atoms with Gasteiger partial charge < -0.3 is 19.2 Å². The molecule has 1 N–H and O–H groups in total. The highest BCUT2D eigenvalue weighted by atomic mass is 32.2. The van der Waals surface area contributed by atoms with Gasteiger partial charge in [-0.15, -0.1) is 0 Å². The maximum atomic E-state index is 12.3. The SMILES string of the molecule is COc1ccc([C@@H]2c3sc(=O)[nH]c3S[C@H]3COC(=O)[C@@H]23)cc1OC. The van der Waals surface area contributed by atoms with Gasteiger partial charge in [0.25, 0.3) is 0 Å². The number of carbonyl (C=O) groups excluding carboxylic acids is 1. The molecule has 3 heterocycles. The first-order valence-corrected chi connectivity index (χ1v) is 9.10. The lowest BCUT2D eigenvalue weighted by molar-refractivity contribution is -0.141. The molecular weight excluding hydrogens is 350 g/mol. The minimum Gasteiger partial charge on any atom is -0.493 e. The Morgan fingerprint density at radius 3 is 2.75 bits per heavy atom. The lowest BCUT2D eigenvalue weighted by atomic mass is 9.83. The highest BCUT2D eigenvalue weighted by molar-refractivity contribution is 8.00. The van der Waals surface area contributed by atoms with Crippen molar-refractivity contribution in [1.29, 1.82) is 0 Å². The van der Waals surface area contributed by atoms with Crippen LogP contribution < -0.4 is 14.3 Å². The van der Waals surface area contributed by atoms with E-state index in [1.165, 1.54) is 11.8 Å². The van der Waals surface area contributed by atoms with Crippen LogP contribution in [0.25, 0.3) is 0 Å². The van der Waals surface area contributed by atoms with Gasteiger partial charge in [0.15, 0.2) is 11.5 Å². The smallest absolute Gasteiger partial charge is 0.311 e. The summed E-state index contributed by atoms with van der Waals surface area (Å²) in [5.74, 6) is 0.496. The molecule has 1 aromatic carbocycles. The number of nitrogens with one attached hydrogen (secondary N) is 1. The highest BCUT2D eigenvalue weighted by Gasteiger charge is 2.49. The summed E-state index contributed by atoms with van der Waals surface area (Å²) in [6.45, 7) is 0.370. The van der Waals surface area contributed by atoms with Crippen LogP contribution in [0, 0.1) is 5.92 Å². The van der Waals surface area contributed by atoms with Crippen LogP contribution in [0.3, 0.4) is 0 Å². The van der Waals surface area contributed by atoms with E-state index >= 15 is 0 Å². The first-order valence-electron chi connectivity index (χ1n) is 7.40. The summed E-state index contributed by atoms with van der Waals surface area (Å²) >= 11 is 2.68. The van der Waals surface area contributed by atoms with Crippen molar-refractivity contribution in [2.24, 2.45) is 5.92 Å². The van der Waals surface area contributed by atoms with Crippen molar-refractivity contribution < 1.29 is 19.0 Å². The molecule has 1 saturated heterocycles. The number of aromatic amines is 1. The van der Waals surface area contributed by atoms with E-state index < -0.39 is 0 Å². The van der Waals surface area contributed by atoms with Crippen LogP contribution >= 0.6 is 23.1 Å². The van der Waals surface area contributed by atoms with Crippen molar-refractivity contribution in [3.63, 3.8) is 0 Å². The van der Waals surface area contributed by atoms with Crippen LogP contribution in [0.5, 0.6) is 11.5 Å². The summed E-state index contributed by atoms with van der Waals surface area (Å²) in [6, 6.07) is 5.61. The molecule has 0 spiro atoms. The molecule has 2 aliphatic heterocycles. The summed E-state index contributed by atoms with van der Waals surface area (Å²) in [7, 11) is 3.15. The number of H-pyrrole nitrogens is 1. The Kier molecular flexibility index (Phi) is 3.80. The molecule has 1 fully saturated rings. The van der Waals surface area contributed by atoms with Gasteiger partial charge in [0.05, 0.1) is 30.4 Å². The maximum absolute atomic E-state index is 12.3. The Hall–Kier alpha value is -1.93. The van der Waals surface area contributed by atoms with E-state index in [1.807, 2.05) is 18.2 Å². The summed E-state index contributed by atoms with van der Waals surface area (Å²) in [6.07, 6.45) is 0. The number of esters is 1. The third kappa shape index (κ3) is 2.32. The summed E-state index contributed by atoms with van der Waals surface area (Å²) in [5.41, 5.74) is 0.915. The van der Waals surface area contributed by atoms with Gasteiger partial charge in [0.2, 0.25) is 0 Å². The number of benzene rings is 1. The minimum absolute atomic E-state index is 0.00773.